The van der Waals surface area contributed by atoms with Gasteiger partial charge in [0.1, 0.15) is 24.6 Å². The normalized spacial score (nSPS) is 25.6. The first kappa shape index (κ1) is 21.7. The summed E-state index contributed by atoms with van der Waals surface area (Å²) in [6.45, 7) is 4.48. The fraction of sp³-hybridized carbons (Fsp3) is 0.478. The molecule has 1 aromatic rings. The molecule has 10 nitrogen and oxygen atoms in total. The summed E-state index contributed by atoms with van der Waals surface area (Å²) in [5.74, 6) is -0.372. The van der Waals surface area contributed by atoms with Gasteiger partial charge in [0.05, 0.1) is 25.5 Å². The molecule has 0 bridgehead atoms. The third-order valence-corrected chi connectivity index (χ3v) is 6.46. The van der Waals surface area contributed by atoms with Gasteiger partial charge < -0.3 is 20.1 Å². The molecule has 4 aliphatic rings. The van der Waals surface area contributed by atoms with Crippen molar-refractivity contribution in [2.45, 2.75) is 31.6 Å². The Morgan fingerprint density at radius 2 is 2.03 bits per heavy atom. The number of nitrogens with two attached hydrogens (primary N) is 1. The third-order valence-electron chi connectivity index (χ3n) is 6.46. The second-order valence-corrected chi connectivity index (χ2v) is 8.64. The first-order chi connectivity index (χ1) is 16.0. The van der Waals surface area contributed by atoms with Gasteiger partial charge in [-0.1, -0.05) is 6.07 Å². The number of benzene rings is 1. The summed E-state index contributed by atoms with van der Waals surface area (Å²) in [5, 5.41) is 2.32. The quantitative estimate of drug-likeness (QED) is 0.573. The van der Waals surface area contributed by atoms with Gasteiger partial charge in [0.15, 0.2) is 0 Å². The first-order valence-electron chi connectivity index (χ1n) is 11.2. The largest absolute Gasteiger partial charge is 0.487 e. The molecule has 5 rings (SSSR count). The summed E-state index contributed by atoms with van der Waals surface area (Å²) in [4.78, 5) is 45.0. The minimum absolute atomic E-state index is 0.221. The highest BCUT2D eigenvalue weighted by Gasteiger charge is 2.40. The molecule has 0 aromatic heterocycles. The Morgan fingerprint density at radius 3 is 2.82 bits per heavy atom. The van der Waals surface area contributed by atoms with Crippen LogP contribution in [0, 0.1) is 0 Å². The molecule has 0 radical (unpaired) electrons. The highest BCUT2D eigenvalue weighted by atomic mass is 16.5. The molecule has 174 valence electrons. The fourth-order valence-electron chi connectivity index (χ4n) is 4.68. The highest BCUT2D eigenvalue weighted by molar-refractivity contribution is 6.05. The van der Waals surface area contributed by atoms with Crippen molar-refractivity contribution in [3.8, 4) is 5.75 Å². The fourth-order valence-corrected chi connectivity index (χ4v) is 4.68. The molecular weight excluding hydrogens is 426 g/mol. The van der Waals surface area contributed by atoms with Gasteiger partial charge in [-0.25, -0.2) is 0 Å². The maximum Gasteiger partial charge on any atom is 0.255 e. The van der Waals surface area contributed by atoms with Gasteiger partial charge in [0, 0.05) is 37.2 Å². The molecule has 4 aliphatic heterocycles. The smallest absolute Gasteiger partial charge is 0.255 e. The van der Waals surface area contributed by atoms with Crippen molar-refractivity contribution in [2.24, 2.45) is 10.7 Å². The second kappa shape index (κ2) is 9.05. The first-order valence-corrected chi connectivity index (χ1v) is 11.2. The Morgan fingerprint density at radius 1 is 1.21 bits per heavy atom. The van der Waals surface area contributed by atoms with Crippen LogP contribution in [-0.2, 0) is 20.9 Å². The van der Waals surface area contributed by atoms with Crippen LogP contribution < -0.4 is 15.8 Å². The van der Waals surface area contributed by atoms with Gasteiger partial charge >= 0.3 is 0 Å². The molecule has 10 heteroatoms. The van der Waals surface area contributed by atoms with E-state index in [2.05, 4.69) is 15.2 Å². The summed E-state index contributed by atoms with van der Waals surface area (Å²) in [6.07, 6.45) is 2.16. The van der Waals surface area contributed by atoms with E-state index in [1.807, 2.05) is 12.1 Å². The van der Waals surface area contributed by atoms with Crippen molar-refractivity contribution in [1.29, 1.82) is 0 Å². The van der Waals surface area contributed by atoms with E-state index in [1.165, 1.54) is 4.90 Å². The standard InChI is InChI=1S/C23H27N5O5/c24-21-14(11-27-6-8-32-9-7-27)10-15(25-21)13-33-19-3-1-2-16-17(19)12-28(23(16)31)18-4-5-20(29)26-22(18)30/h1-3,10,18,21H,4-9,11-13,24H2,(H,26,29,30). The SMILES string of the molecule is NC1N=C(COc2cccc3c2CN(C2CCC(=O)NC2=O)C3=O)C=C1CN1CCOCC1. The molecule has 3 N–H and O–H groups in total. The summed E-state index contributed by atoms with van der Waals surface area (Å²) in [5.41, 5.74) is 9.28. The van der Waals surface area contributed by atoms with E-state index in [0.717, 1.165) is 49.7 Å². The molecule has 0 saturated carbocycles. The number of carbonyl (C=O) groups is 3. The lowest BCUT2D eigenvalue weighted by molar-refractivity contribution is -0.136. The molecular formula is C23H27N5O5. The maximum absolute atomic E-state index is 13.0. The Balaban J connectivity index is 1.25. The van der Waals surface area contributed by atoms with E-state index in [-0.39, 0.29) is 37.6 Å². The van der Waals surface area contributed by atoms with Gasteiger partial charge in [0.25, 0.3) is 5.91 Å². The number of piperidine rings is 1. The van der Waals surface area contributed by atoms with Gasteiger partial charge in [-0.2, -0.15) is 0 Å². The monoisotopic (exact) mass is 453 g/mol. The molecule has 33 heavy (non-hydrogen) atoms. The Bertz CT molecular complexity index is 1050. The molecule has 2 unspecified atom stereocenters. The number of ether oxygens (including phenoxy) is 2. The van der Waals surface area contributed by atoms with Crippen LogP contribution in [0.4, 0.5) is 0 Å². The van der Waals surface area contributed by atoms with Crippen LogP contribution >= 0.6 is 0 Å². The third kappa shape index (κ3) is 4.41. The number of hydrogen-bond acceptors (Lipinski definition) is 8. The number of rotatable bonds is 6. The average Bonchev–Trinajstić information content (AvgIpc) is 3.33. The van der Waals surface area contributed by atoms with Gasteiger partial charge in [-0.3, -0.25) is 29.6 Å². The number of nitrogens with zero attached hydrogens (tertiary/aromatic N) is 3. The predicted octanol–water partition coefficient (Wildman–Crippen LogP) is -0.176. The van der Waals surface area contributed by atoms with Crippen molar-refractivity contribution in [3.05, 3.63) is 41.0 Å². The highest BCUT2D eigenvalue weighted by Crippen LogP contribution is 2.33. The van der Waals surface area contributed by atoms with Crippen LogP contribution in [0.5, 0.6) is 5.75 Å². The van der Waals surface area contributed by atoms with E-state index < -0.39 is 11.9 Å². The van der Waals surface area contributed by atoms with E-state index in [1.54, 1.807) is 12.1 Å². The van der Waals surface area contributed by atoms with Crippen molar-refractivity contribution < 1.29 is 23.9 Å². The summed E-state index contributed by atoms with van der Waals surface area (Å²) in [6, 6.07) is 4.66. The number of imide groups is 1. The number of nitrogens with one attached hydrogen (secondary N) is 1. The van der Waals surface area contributed by atoms with E-state index in [4.69, 9.17) is 15.2 Å². The van der Waals surface area contributed by atoms with Gasteiger partial charge in [0.2, 0.25) is 11.8 Å². The zero-order valence-corrected chi connectivity index (χ0v) is 18.3. The minimum atomic E-state index is -0.654. The van der Waals surface area contributed by atoms with E-state index in [0.29, 0.717) is 17.7 Å². The zero-order chi connectivity index (χ0) is 22.9. The number of amides is 3. The Kier molecular flexibility index (Phi) is 5.96. The van der Waals surface area contributed by atoms with Crippen LogP contribution in [-0.4, -0.2) is 84.9 Å². The molecule has 2 fully saturated rings. The number of hydrogen-bond donors (Lipinski definition) is 2. The Hall–Kier alpha value is -3.08. The molecule has 0 spiro atoms. The van der Waals surface area contributed by atoms with Crippen molar-refractivity contribution in [2.75, 3.05) is 39.5 Å². The van der Waals surface area contributed by atoms with Gasteiger partial charge in [-0.15, -0.1) is 0 Å². The summed E-state index contributed by atoms with van der Waals surface area (Å²) < 4.78 is 11.4. The lowest BCUT2D eigenvalue weighted by Crippen LogP contribution is -2.52. The van der Waals surface area contributed by atoms with Crippen molar-refractivity contribution in [3.63, 3.8) is 0 Å². The van der Waals surface area contributed by atoms with E-state index in [9.17, 15) is 14.4 Å². The molecule has 4 heterocycles. The lowest BCUT2D eigenvalue weighted by Gasteiger charge is -2.29. The summed E-state index contributed by atoms with van der Waals surface area (Å²) in [7, 11) is 0. The maximum atomic E-state index is 13.0. The molecule has 2 atom stereocenters. The number of aliphatic imine (C=N–C) groups is 1. The molecule has 0 aliphatic carbocycles. The predicted molar refractivity (Wildman–Crippen MR) is 119 cm³/mol. The molecule has 2 saturated heterocycles. The molecule has 3 amide bonds. The van der Waals surface area contributed by atoms with Crippen LogP contribution in [0.2, 0.25) is 0 Å². The van der Waals surface area contributed by atoms with Crippen LogP contribution in [0.25, 0.3) is 0 Å². The average molecular weight is 453 g/mol. The zero-order valence-electron chi connectivity index (χ0n) is 18.3. The summed E-state index contributed by atoms with van der Waals surface area (Å²) >= 11 is 0. The molecule has 1 aromatic carbocycles. The number of carbonyl (C=O) groups excluding carboxylic acids is 3. The topological polar surface area (TPSA) is 127 Å². The van der Waals surface area contributed by atoms with Crippen LogP contribution in [0.1, 0.15) is 28.8 Å². The van der Waals surface area contributed by atoms with Crippen LogP contribution in [0.15, 0.2) is 34.8 Å². The second-order valence-electron chi connectivity index (χ2n) is 8.64. The van der Waals surface area contributed by atoms with Gasteiger partial charge in [-0.05, 0) is 30.2 Å². The van der Waals surface area contributed by atoms with Crippen molar-refractivity contribution in [1.82, 2.24) is 15.1 Å². The minimum Gasteiger partial charge on any atom is -0.487 e. The van der Waals surface area contributed by atoms with Crippen LogP contribution in [0.3, 0.4) is 0 Å². The lowest BCUT2D eigenvalue weighted by atomic mass is 10.0. The Labute approximate surface area is 191 Å². The number of morpholine rings is 1. The van der Waals surface area contributed by atoms with E-state index >= 15 is 0 Å². The number of fused-ring (bicyclic) bond motifs is 1. The van der Waals surface area contributed by atoms with Crippen molar-refractivity contribution >= 4 is 23.4 Å².